The average molecular weight is 372 g/mol. The van der Waals surface area contributed by atoms with Crippen LogP contribution >= 0.6 is 0 Å². The van der Waals surface area contributed by atoms with Gasteiger partial charge in [-0.3, -0.25) is 9.48 Å². The number of carbonyl (C=O) groups is 1. The SMILES string of the molecule is Cc1ccc(-c2cc(C(=O)Nc3cc(C)n(Cc4ccccc4)n3)no2)cc1. The Balaban J connectivity index is 1.47. The van der Waals surface area contributed by atoms with Gasteiger partial charge in [-0.25, -0.2) is 0 Å². The highest BCUT2D eigenvalue weighted by Crippen LogP contribution is 2.21. The van der Waals surface area contributed by atoms with Crippen molar-refractivity contribution in [2.75, 3.05) is 5.32 Å². The molecule has 0 spiro atoms. The van der Waals surface area contributed by atoms with Crippen molar-refractivity contribution in [2.45, 2.75) is 20.4 Å². The van der Waals surface area contributed by atoms with E-state index in [0.717, 1.165) is 22.4 Å². The Bertz CT molecular complexity index is 1100. The molecular formula is C22H20N4O2. The fraction of sp³-hybridized carbons (Fsp3) is 0.136. The highest BCUT2D eigenvalue weighted by Gasteiger charge is 2.16. The Morgan fingerprint density at radius 2 is 1.79 bits per heavy atom. The van der Waals surface area contributed by atoms with Gasteiger partial charge in [0.15, 0.2) is 17.3 Å². The van der Waals surface area contributed by atoms with Gasteiger partial charge in [0, 0.05) is 23.4 Å². The average Bonchev–Trinajstić information content (AvgIpc) is 3.31. The van der Waals surface area contributed by atoms with E-state index in [-0.39, 0.29) is 11.6 Å². The van der Waals surface area contributed by atoms with Crippen LogP contribution in [0.3, 0.4) is 0 Å². The summed E-state index contributed by atoms with van der Waals surface area (Å²) in [6, 6.07) is 21.4. The number of rotatable bonds is 5. The molecule has 1 amide bonds. The molecule has 2 aromatic heterocycles. The quantitative estimate of drug-likeness (QED) is 0.561. The van der Waals surface area contributed by atoms with E-state index < -0.39 is 0 Å². The Labute approximate surface area is 162 Å². The topological polar surface area (TPSA) is 73.0 Å². The van der Waals surface area contributed by atoms with Crippen LogP contribution in [0.1, 0.15) is 27.3 Å². The summed E-state index contributed by atoms with van der Waals surface area (Å²) in [5.41, 5.74) is 4.35. The predicted octanol–water partition coefficient (Wildman–Crippen LogP) is 4.46. The fourth-order valence-electron chi connectivity index (χ4n) is 2.90. The van der Waals surface area contributed by atoms with Crippen LogP contribution in [0, 0.1) is 13.8 Å². The first-order chi connectivity index (χ1) is 13.6. The van der Waals surface area contributed by atoms with Crippen LogP contribution in [0.25, 0.3) is 11.3 Å². The van der Waals surface area contributed by atoms with E-state index in [0.29, 0.717) is 18.1 Å². The maximum atomic E-state index is 12.5. The molecule has 0 bridgehead atoms. The number of aryl methyl sites for hydroxylation is 2. The number of nitrogens with zero attached hydrogens (tertiary/aromatic N) is 3. The van der Waals surface area contributed by atoms with Gasteiger partial charge in [-0.15, -0.1) is 0 Å². The van der Waals surface area contributed by atoms with Crippen molar-refractivity contribution in [2.24, 2.45) is 0 Å². The first-order valence-electron chi connectivity index (χ1n) is 9.02. The molecule has 0 atom stereocenters. The molecule has 0 saturated carbocycles. The van der Waals surface area contributed by atoms with Gasteiger partial charge in [0.1, 0.15) is 0 Å². The second-order valence-corrected chi connectivity index (χ2v) is 6.71. The summed E-state index contributed by atoms with van der Waals surface area (Å²) in [5.74, 6) is 0.681. The van der Waals surface area contributed by atoms with Crippen LogP contribution in [0.4, 0.5) is 5.82 Å². The van der Waals surface area contributed by atoms with E-state index in [1.165, 1.54) is 0 Å². The van der Waals surface area contributed by atoms with E-state index in [1.807, 2.05) is 79.2 Å². The number of nitrogens with one attached hydrogen (secondary N) is 1. The molecule has 0 saturated heterocycles. The van der Waals surface area contributed by atoms with Crippen LogP contribution in [0.5, 0.6) is 0 Å². The fourth-order valence-corrected chi connectivity index (χ4v) is 2.90. The number of hydrogen-bond donors (Lipinski definition) is 1. The lowest BCUT2D eigenvalue weighted by atomic mass is 10.1. The molecule has 0 aliphatic carbocycles. The predicted molar refractivity (Wildman–Crippen MR) is 107 cm³/mol. The van der Waals surface area contributed by atoms with Crippen molar-refractivity contribution < 1.29 is 9.32 Å². The van der Waals surface area contributed by atoms with Gasteiger partial charge in [-0.2, -0.15) is 5.10 Å². The molecule has 140 valence electrons. The van der Waals surface area contributed by atoms with Gasteiger partial charge in [-0.1, -0.05) is 65.3 Å². The molecule has 4 rings (SSSR count). The zero-order chi connectivity index (χ0) is 19.5. The molecule has 1 N–H and O–H groups in total. The number of carbonyl (C=O) groups excluding carboxylic acids is 1. The van der Waals surface area contributed by atoms with E-state index >= 15 is 0 Å². The third-order valence-electron chi connectivity index (χ3n) is 4.48. The number of benzene rings is 2. The largest absolute Gasteiger partial charge is 0.355 e. The lowest BCUT2D eigenvalue weighted by Crippen LogP contribution is -2.13. The van der Waals surface area contributed by atoms with Crippen LogP contribution < -0.4 is 5.32 Å². The van der Waals surface area contributed by atoms with Gasteiger partial charge < -0.3 is 9.84 Å². The van der Waals surface area contributed by atoms with Crippen molar-refractivity contribution in [3.63, 3.8) is 0 Å². The second-order valence-electron chi connectivity index (χ2n) is 6.71. The molecule has 0 aliphatic rings. The molecule has 2 heterocycles. The zero-order valence-corrected chi connectivity index (χ0v) is 15.7. The smallest absolute Gasteiger partial charge is 0.279 e. The van der Waals surface area contributed by atoms with E-state index in [4.69, 9.17) is 4.52 Å². The molecule has 2 aromatic carbocycles. The van der Waals surface area contributed by atoms with E-state index in [9.17, 15) is 4.79 Å². The van der Waals surface area contributed by atoms with Crippen molar-refractivity contribution in [3.05, 3.63) is 89.2 Å². The molecular weight excluding hydrogens is 352 g/mol. The van der Waals surface area contributed by atoms with Crippen molar-refractivity contribution in [1.82, 2.24) is 14.9 Å². The van der Waals surface area contributed by atoms with Crippen molar-refractivity contribution >= 4 is 11.7 Å². The minimum absolute atomic E-state index is 0.214. The van der Waals surface area contributed by atoms with E-state index in [1.54, 1.807) is 6.07 Å². The molecule has 6 nitrogen and oxygen atoms in total. The lowest BCUT2D eigenvalue weighted by Gasteiger charge is -2.04. The van der Waals surface area contributed by atoms with Crippen molar-refractivity contribution in [3.8, 4) is 11.3 Å². The van der Waals surface area contributed by atoms with Crippen molar-refractivity contribution in [1.29, 1.82) is 0 Å². The monoisotopic (exact) mass is 372 g/mol. The summed E-state index contributed by atoms with van der Waals surface area (Å²) in [5, 5.41) is 11.1. The maximum Gasteiger partial charge on any atom is 0.279 e. The zero-order valence-electron chi connectivity index (χ0n) is 15.7. The number of anilines is 1. The first kappa shape index (κ1) is 17.7. The van der Waals surface area contributed by atoms with Gasteiger partial charge in [0.25, 0.3) is 5.91 Å². The summed E-state index contributed by atoms with van der Waals surface area (Å²) in [4.78, 5) is 12.5. The number of amides is 1. The van der Waals surface area contributed by atoms with Crippen LogP contribution in [-0.2, 0) is 6.54 Å². The van der Waals surface area contributed by atoms with Crippen LogP contribution in [0.2, 0.25) is 0 Å². The second kappa shape index (κ2) is 7.52. The molecule has 0 fully saturated rings. The highest BCUT2D eigenvalue weighted by molar-refractivity contribution is 6.02. The van der Waals surface area contributed by atoms with Gasteiger partial charge in [-0.05, 0) is 19.4 Å². The maximum absolute atomic E-state index is 12.5. The third-order valence-corrected chi connectivity index (χ3v) is 4.48. The van der Waals surface area contributed by atoms with Gasteiger partial charge in [0.2, 0.25) is 0 Å². The summed E-state index contributed by atoms with van der Waals surface area (Å²) in [7, 11) is 0. The number of aromatic nitrogens is 3. The third kappa shape index (κ3) is 3.86. The molecule has 0 aliphatic heterocycles. The van der Waals surface area contributed by atoms with Gasteiger partial charge >= 0.3 is 0 Å². The Morgan fingerprint density at radius 1 is 1.04 bits per heavy atom. The Hall–Kier alpha value is -3.67. The van der Waals surface area contributed by atoms with E-state index in [2.05, 4.69) is 15.6 Å². The van der Waals surface area contributed by atoms with Crippen LogP contribution in [0.15, 0.2) is 71.3 Å². The minimum Gasteiger partial charge on any atom is -0.355 e. The lowest BCUT2D eigenvalue weighted by molar-refractivity contribution is 0.101. The molecule has 0 unspecified atom stereocenters. The molecule has 6 heteroatoms. The molecule has 0 radical (unpaired) electrons. The first-order valence-corrected chi connectivity index (χ1v) is 9.02. The molecule has 28 heavy (non-hydrogen) atoms. The summed E-state index contributed by atoms with van der Waals surface area (Å²) in [6.45, 7) is 4.61. The molecule has 4 aromatic rings. The highest BCUT2D eigenvalue weighted by atomic mass is 16.5. The Morgan fingerprint density at radius 3 is 2.54 bits per heavy atom. The van der Waals surface area contributed by atoms with Crippen LogP contribution in [-0.4, -0.2) is 20.8 Å². The minimum atomic E-state index is -0.355. The van der Waals surface area contributed by atoms with Gasteiger partial charge in [0.05, 0.1) is 6.54 Å². The summed E-state index contributed by atoms with van der Waals surface area (Å²) < 4.78 is 7.17. The normalized spacial score (nSPS) is 10.8. The summed E-state index contributed by atoms with van der Waals surface area (Å²) >= 11 is 0. The number of hydrogen-bond acceptors (Lipinski definition) is 4. The standard InChI is InChI=1S/C22H20N4O2/c1-15-8-10-18(11-9-15)20-13-19(25-28-20)22(27)23-21-12-16(2)26(24-21)14-17-6-4-3-5-7-17/h3-13H,14H2,1-2H3,(H,23,24,27). The Kier molecular flexibility index (Phi) is 4.76. The summed E-state index contributed by atoms with van der Waals surface area (Å²) in [6.07, 6.45) is 0.